The Morgan fingerprint density at radius 1 is 1.14 bits per heavy atom. The van der Waals surface area contributed by atoms with Crippen molar-refractivity contribution in [2.24, 2.45) is 0 Å². The number of ether oxygens (including phenoxy) is 1. The van der Waals surface area contributed by atoms with Gasteiger partial charge in [0.15, 0.2) is 0 Å². The van der Waals surface area contributed by atoms with Gasteiger partial charge in [0.25, 0.3) is 0 Å². The first-order valence-corrected chi connectivity index (χ1v) is 8.85. The number of hydrogen-bond donors (Lipinski definition) is 1. The second kappa shape index (κ2) is 7.63. The highest BCUT2D eigenvalue weighted by Crippen LogP contribution is 2.27. The van der Waals surface area contributed by atoms with Gasteiger partial charge in [0.05, 0.1) is 16.5 Å². The molecule has 0 atom stereocenters. The zero-order chi connectivity index (χ0) is 16.0. The number of nitrogens with one attached hydrogen (secondary N) is 1. The lowest BCUT2D eigenvalue weighted by molar-refractivity contribution is 0.339. The van der Waals surface area contributed by atoms with E-state index in [2.05, 4.69) is 4.72 Å². The maximum atomic E-state index is 12.3. The molecule has 0 aliphatic heterocycles. The van der Waals surface area contributed by atoms with Gasteiger partial charge in [0, 0.05) is 12.6 Å². The summed E-state index contributed by atoms with van der Waals surface area (Å²) in [5, 5.41) is 0.394. The van der Waals surface area contributed by atoms with Gasteiger partial charge in [0.2, 0.25) is 10.0 Å². The third-order valence-electron chi connectivity index (χ3n) is 3.06. The maximum absolute atomic E-state index is 12.3. The molecule has 0 unspecified atom stereocenters. The van der Waals surface area contributed by atoms with E-state index in [9.17, 15) is 8.42 Å². The summed E-state index contributed by atoms with van der Waals surface area (Å²) in [4.78, 5) is 0.147. The van der Waals surface area contributed by atoms with Crippen molar-refractivity contribution in [1.29, 1.82) is 0 Å². The van der Waals surface area contributed by atoms with Gasteiger partial charge in [-0.15, -0.1) is 0 Å². The summed E-state index contributed by atoms with van der Waals surface area (Å²) in [6, 6.07) is 14.1. The van der Waals surface area contributed by atoms with Crippen molar-refractivity contribution in [2.45, 2.75) is 18.2 Å². The molecule has 4 nitrogen and oxygen atoms in total. The minimum absolute atomic E-state index is 0.147. The van der Waals surface area contributed by atoms with E-state index < -0.39 is 10.0 Å². The Hall–Kier alpha value is -1.56. The van der Waals surface area contributed by atoms with Gasteiger partial charge >= 0.3 is 0 Å². The average Bonchev–Trinajstić information content (AvgIpc) is 2.50. The number of hydrogen-bond acceptors (Lipinski definition) is 3. The van der Waals surface area contributed by atoms with Crippen LogP contribution in [0.2, 0.25) is 5.02 Å². The third-order valence-corrected chi connectivity index (χ3v) is 4.83. The van der Waals surface area contributed by atoms with E-state index in [1.165, 1.54) is 18.2 Å². The van der Waals surface area contributed by atoms with Gasteiger partial charge in [-0.25, -0.2) is 13.1 Å². The normalized spacial score (nSPS) is 11.4. The van der Waals surface area contributed by atoms with Crippen molar-refractivity contribution >= 4 is 21.6 Å². The fourth-order valence-corrected chi connectivity index (χ4v) is 3.19. The molecule has 22 heavy (non-hydrogen) atoms. The molecule has 2 aromatic rings. The monoisotopic (exact) mass is 339 g/mol. The lowest BCUT2D eigenvalue weighted by Gasteiger charge is -2.10. The number of benzene rings is 2. The van der Waals surface area contributed by atoms with Crippen LogP contribution in [0.5, 0.6) is 5.75 Å². The van der Waals surface area contributed by atoms with Crippen LogP contribution >= 0.6 is 11.6 Å². The molecule has 0 spiro atoms. The topological polar surface area (TPSA) is 55.4 Å². The van der Waals surface area contributed by atoms with Crippen LogP contribution < -0.4 is 9.46 Å². The Labute approximate surface area is 136 Å². The maximum Gasteiger partial charge on any atom is 0.240 e. The quantitative estimate of drug-likeness (QED) is 0.842. The third kappa shape index (κ3) is 4.47. The Balaban J connectivity index is 2.05. The predicted molar refractivity (Wildman–Crippen MR) is 88.0 cm³/mol. The van der Waals surface area contributed by atoms with Crippen molar-refractivity contribution in [2.75, 3.05) is 13.2 Å². The van der Waals surface area contributed by atoms with Crippen molar-refractivity contribution in [3.8, 4) is 5.75 Å². The first-order chi connectivity index (χ1) is 10.5. The lowest BCUT2D eigenvalue weighted by atomic mass is 10.2. The molecule has 2 aromatic carbocycles. The Morgan fingerprint density at radius 3 is 2.55 bits per heavy atom. The average molecular weight is 340 g/mol. The first kappa shape index (κ1) is 16.8. The van der Waals surface area contributed by atoms with E-state index in [-0.39, 0.29) is 4.90 Å². The van der Waals surface area contributed by atoms with E-state index in [0.717, 1.165) is 5.56 Å². The molecule has 0 saturated carbocycles. The molecule has 0 saturated heterocycles. The smallest absolute Gasteiger partial charge is 0.240 e. The molecule has 1 N–H and O–H groups in total. The molecule has 0 aliphatic carbocycles. The SMILES string of the molecule is CCOc1cc(S(=O)(=O)NCCc2ccccc2)ccc1Cl. The van der Waals surface area contributed by atoms with Crippen molar-refractivity contribution in [1.82, 2.24) is 4.72 Å². The van der Waals surface area contributed by atoms with E-state index >= 15 is 0 Å². The van der Waals surface area contributed by atoms with E-state index in [1.54, 1.807) is 0 Å². The van der Waals surface area contributed by atoms with Crippen LogP contribution in [0.3, 0.4) is 0 Å². The zero-order valence-electron chi connectivity index (χ0n) is 12.3. The molecule has 0 fully saturated rings. The van der Waals surface area contributed by atoms with Crippen LogP contribution in [-0.4, -0.2) is 21.6 Å². The number of sulfonamides is 1. The molecule has 118 valence electrons. The molecule has 0 bridgehead atoms. The second-order valence-electron chi connectivity index (χ2n) is 4.66. The fraction of sp³-hybridized carbons (Fsp3) is 0.250. The van der Waals surface area contributed by atoms with E-state index in [1.807, 2.05) is 37.3 Å². The number of rotatable bonds is 7. The van der Waals surface area contributed by atoms with E-state index in [0.29, 0.717) is 30.3 Å². The minimum atomic E-state index is -3.58. The van der Waals surface area contributed by atoms with Crippen LogP contribution in [0.15, 0.2) is 53.4 Å². The molecule has 6 heteroatoms. The Bertz CT molecular complexity index is 717. The first-order valence-electron chi connectivity index (χ1n) is 6.99. The van der Waals surface area contributed by atoms with Crippen LogP contribution in [0.1, 0.15) is 12.5 Å². The van der Waals surface area contributed by atoms with Crippen LogP contribution in [0.4, 0.5) is 0 Å². The summed E-state index contributed by atoms with van der Waals surface area (Å²) in [5.74, 6) is 0.370. The van der Waals surface area contributed by atoms with Crippen LogP contribution in [0, 0.1) is 0 Å². The van der Waals surface area contributed by atoms with Crippen molar-refractivity contribution < 1.29 is 13.2 Å². The molecule has 0 amide bonds. The van der Waals surface area contributed by atoms with Gasteiger partial charge in [-0.05, 0) is 31.0 Å². The molecule has 0 heterocycles. The minimum Gasteiger partial charge on any atom is -0.492 e. The Kier molecular flexibility index (Phi) is 5.83. The summed E-state index contributed by atoms with van der Waals surface area (Å²) >= 11 is 5.97. The molecule has 2 rings (SSSR count). The van der Waals surface area contributed by atoms with Crippen molar-refractivity contribution in [3.05, 3.63) is 59.1 Å². The zero-order valence-corrected chi connectivity index (χ0v) is 13.8. The summed E-state index contributed by atoms with van der Waals surface area (Å²) in [5.41, 5.74) is 1.08. The van der Waals surface area contributed by atoms with Gasteiger partial charge in [-0.2, -0.15) is 0 Å². The Morgan fingerprint density at radius 2 is 1.86 bits per heavy atom. The fourth-order valence-electron chi connectivity index (χ4n) is 1.97. The molecular formula is C16H18ClNO3S. The summed E-state index contributed by atoms with van der Waals surface area (Å²) in [6.45, 7) is 2.57. The van der Waals surface area contributed by atoms with Crippen LogP contribution in [-0.2, 0) is 16.4 Å². The second-order valence-corrected chi connectivity index (χ2v) is 6.83. The van der Waals surface area contributed by atoms with Crippen LogP contribution in [0.25, 0.3) is 0 Å². The highest BCUT2D eigenvalue weighted by atomic mass is 35.5. The molecule has 0 aromatic heterocycles. The van der Waals surface area contributed by atoms with Gasteiger partial charge in [-0.1, -0.05) is 41.9 Å². The van der Waals surface area contributed by atoms with Gasteiger partial charge in [0.1, 0.15) is 5.75 Å². The highest BCUT2D eigenvalue weighted by Gasteiger charge is 2.15. The molecular weight excluding hydrogens is 322 g/mol. The predicted octanol–water partition coefficient (Wildman–Crippen LogP) is 3.26. The van der Waals surface area contributed by atoms with Gasteiger partial charge < -0.3 is 4.74 Å². The summed E-state index contributed by atoms with van der Waals surface area (Å²) < 4.78 is 32.5. The van der Waals surface area contributed by atoms with E-state index in [4.69, 9.17) is 16.3 Å². The summed E-state index contributed by atoms with van der Waals surface area (Å²) in [6.07, 6.45) is 0.631. The standard InChI is InChI=1S/C16H18ClNO3S/c1-2-21-16-12-14(8-9-15(16)17)22(19,20)18-11-10-13-6-4-3-5-7-13/h3-9,12,18H,2,10-11H2,1H3. The largest absolute Gasteiger partial charge is 0.492 e. The van der Waals surface area contributed by atoms with Gasteiger partial charge in [-0.3, -0.25) is 0 Å². The van der Waals surface area contributed by atoms with Crippen molar-refractivity contribution in [3.63, 3.8) is 0 Å². The highest BCUT2D eigenvalue weighted by molar-refractivity contribution is 7.89. The summed E-state index contributed by atoms with van der Waals surface area (Å²) in [7, 11) is -3.58. The lowest BCUT2D eigenvalue weighted by Crippen LogP contribution is -2.26. The molecule has 0 radical (unpaired) electrons. The molecule has 0 aliphatic rings. The number of halogens is 1.